The highest BCUT2D eigenvalue weighted by atomic mass is 32.2. The second kappa shape index (κ2) is 8.76. The van der Waals surface area contributed by atoms with Gasteiger partial charge in [0.2, 0.25) is 10.0 Å². The number of anilines is 1. The number of para-hydroxylation sites is 1. The largest absolute Gasteiger partial charge is 0.495 e. The van der Waals surface area contributed by atoms with Crippen LogP contribution in [-0.2, 0) is 10.0 Å². The minimum absolute atomic E-state index is 0.0809. The third-order valence-electron chi connectivity index (χ3n) is 6.80. The molecular weight excluding hydrogens is 450 g/mol. The van der Waals surface area contributed by atoms with E-state index < -0.39 is 16.1 Å². The average molecular weight is 476 g/mol. The number of rotatable bonds is 5. The molecule has 2 aliphatic rings. The van der Waals surface area contributed by atoms with Crippen LogP contribution < -0.4 is 10.1 Å². The second-order valence-corrected chi connectivity index (χ2v) is 10.5. The molecule has 0 amide bonds. The molecule has 0 bridgehead atoms. The molecule has 0 aromatic heterocycles. The summed E-state index contributed by atoms with van der Waals surface area (Å²) in [4.78, 5) is 0.136. The van der Waals surface area contributed by atoms with Gasteiger partial charge in [-0.05, 0) is 59.5 Å². The van der Waals surface area contributed by atoms with Crippen LogP contribution in [0.4, 0.5) is 5.69 Å². The summed E-state index contributed by atoms with van der Waals surface area (Å²) in [6.45, 7) is 0.261. The zero-order valence-electron chi connectivity index (χ0n) is 18.7. The van der Waals surface area contributed by atoms with Gasteiger partial charge in [0, 0.05) is 18.2 Å². The van der Waals surface area contributed by atoms with Crippen LogP contribution in [-0.4, -0.2) is 44.1 Å². The number of hydrogen-bond donors (Lipinski definition) is 2. The number of benzene rings is 3. The first-order valence-corrected chi connectivity index (χ1v) is 12.6. The van der Waals surface area contributed by atoms with Gasteiger partial charge in [-0.3, -0.25) is 0 Å². The predicted octanol–water partition coefficient (Wildman–Crippen LogP) is 3.77. The molecule has 3 aromatic rings. The van der Waals surface area contributed by atoms with Crippen molar-refractivity contribution in [1.82, 2.24) is 4.31 Å². The number of fused-ring (bicyclic) bond motifs is 3. The third-order valence-corrected chi connectivity index (χ3v) is 8.72. The quantitative estimate of drug-likeness (QED) is 0.582. The van der Waals surface area contributed by atoms with Crippen LogP contribution >= 0.6 is 0 Å². The topological polar surface area (TPSA) is 103 Å². The Bertz CT molecular complexity index is 1380. The number of methoxy groups -OCH3 is 1. The van der Waals surface area contributed by atoms with Gasteiger partial charge >= 0.3 is 0 Å². The van der Waals surface area contributed by atoms with Crippen molar-refractivity contribution >= 4 is 15.7 Å². The molecule has 0 spiro atoms. The van der Waals surface area contributed by atoms with Gasteiger partial charge in [-0.1, -0.05) is 30.3 Å². The molecule has 174 valence electrons. The van der Waals surface area contributed by atoms with E-state index in [0.717, 1.165) is 22.4 Å². The molecule has 0 aliphatic carbocycles. The lowest BCUT2D eigenvalue weighted by Crippen LogP contribution is -2.42. The molecular formula is C26H25N3O4S. The fraction of sp³-hybridized carbons (Fsp3) is 0.269. The van der Waals surface area contributed by atoms with Gasteiger partial charge < -0.3 is 15.2 Å². The second-order valence-electron chi connectivity index (χ2n) is 8.59. The highest BCUT2D eigenvalue weighted by Gasteiger charge is 2.49. The maximum absolute atomic E-state index is 13.8. The van der Waals surface area contributed by atoms with Gasteiger partial charge in [-0.2, -0.15) is 9.57 Å². The summed E-state index contributed by atoms with van der Waals surface area (Å²) in [6, 6.07) is 21.4. The first kappa shape index (κ1) is 22.4. The summed E-state index contributed by atoms with van der Waals surface area (Å²) >= 11 is 0. The lowest BCUT2D eigenvalue weighted by Gasteiger charge is -2.39. The first-order chi connectivity index (χ1) is 16.5. The summed E-state index contributed by atoms with van der Waals surface area (Å²) in [5, 5.41) is 22.8. The van der Waals surface area contributed by atoms with Gasteiger partial charge in [0.05, 0.1) is 37.4 Å². The van der Waals surface area contributed by atoms with Crippen LogP contribution in [0.3, 0.4) is 0 Å². The van der Waals surface area contributed by atoms with E-state index in [1.54, 1.807) is 34.6 Å². The molecule has 5 rings (SSSR count). The summed E-state index contributed by atoms with van der Waals surface area (Å²) < 4.78 is 34.6. The standard InChI is InChI=1S/C26H25N3O4S/c1-33-24-7-2-3-8-25(24)34(31,32)29-12-11-20-23(16-30)28-22-10-9-19(14-21(22)26(20)29)18-6-4-5-17(13-18)15-27/h2-10,13-14,20,23,26,28,30H,11-12,16H2,1H3/t20-,23+,26-/m0/s1. The molecule has 1 fully saturated rings. The molecule has 3 atom stereocenters. The van der Waals surface area contributed by atoms with Crippen molar-refractivity contribution in [3.8, 4) is 22.9 Å². The average Bonchev–Trinajstić information content (AvgIpc) is 3.34. The Hall–Kier alpha value is -3.38. The summed E-state index contributed by atoms with van der Waals surface area (Å²) in [5.74, 6) is 0.226. The van der Waals surface area contributed by atoms with E-state index in [9.17, 15) is 18.8 Å². The van der Waals surface area contributed by atoms with E-state index in [1.807, 2.05) is 36.4 Å². The van der Waals surface area contributed by atoms with E-state index in [4.69, 9.17) is 4.74 Å². The smallest absolute Gasteiger partial charge is 0.247 e. The van der Waals surface area contributed by atoms with Crippen molar-refractivity contribution in [2.24, 2.45) is 5.92 Å². The minimum atomic E-state index is -3.86. The Morgan fingerprint density at radius 2 is 1.91 bits per heavy atom. The molecule has 3 aromatic carbocycles. The van der Waals surface area contributed by atoms with Crippen LogP contribution in [0.25, 0.3) is 11.1 Å². The maximum atomic E-state index is 13.8. The van der Waals surface area contributed by atoms with Crippen LogP contribution in [0.15, 0.2) is 71.6 Å². The van der Waals surface area contributed by atoms with Crippen molar-refractivity contribution in [3.63, 3.8) is 0 Å². The number of nitrogens with one attached hydrogen (secondary N) is 1. The van der Waals surface area contributed by atoms with Crippen LogP contribution in [0.2, 0.25) is 0 Å². The van der Waals surface area contributed by atoms with Crippen molar-refractivity contribution in [2.75, 3.05) is 25.6 Å². The van der Waals surface area contributed by atoms with E-state index >= 15 is 0 Å². The Labute approximate surface area is 199 Å². The molecule has 1 saturated heterocycles. The Morgan fingerprint density at radius 1 is 1.12 bits per heavy atom. The highest BCUT2D eigenvalue weighted by Crippen LogP contribution is 2.49. The van der Waals surface area contributed by atoms with Gasteiger partial charge in [-0.25, -0.2) is 8.42 Å². The molecule has 34 heavy (non-hydrogen) atoms. The monoisotopic (exact) mass is 475 g/mol. The molecule has 0 unspecified atom stereocenters. The number of hydrogen-bond acceptors (Lipinski definition) is 6. The van der Waals surface area contributed by atoms with E-state index in [1.165, 1.54) is 7.11 Å². The molecule has 2 aliphatic heterocycles. The van der Waals surface area contributed by atoms with E-state index in [0.29, 0.717) is 24.3 Å². The Kier molecular flexibility index (Phi) is 5.78. The van der Waals surface area contributed by atoms with Crippen molar-refractivity contribution in [1.29, 1.82) is 5.26 Å². The van der Waals surface area contributed by atoms with Crippen molar-refractivity contribution in [2.45, 2.75) is 23.4 Å². The minimum Gasteiger partial charge on any atom is -0.495 e. The zero-order valence-corrected chi connectivity index (χ0v) is 19.5. The molecule has 0 radical (unpaired) electrons. The number of sulfonamides is 1. The molecule has 2 heterocycles. The zero-order chi connectivity index (χ0) is 23.9. The summed E-state index contributed by atoms with van der Waals surface area (Å²) in [6.07, 6.45) is 0.630. The number of nitrogens with zero attached hydrogens (tertiary/aromatic N) is 2. The summed E-state index contributed by atoms with van der Waals surface area (Å²) in [5.41, 5.74) is 4.03. The first-order valence-electron chi connectivity index (χ1n) is 11.1. The van der Waals surface area contributed by atoms with Crippen LogP contribution in [0.5, 0.6) is 5.75 Å². The van der Waals surface area contributed by atoms with Crippen LogP contribution in [0, 0.1) is 17.2 Å². The number of aliphatic hydroxyl groups excluding tert-OH is 1. The van der Waals surface area contributed by atoms with E-state index in [2.05, 4.69) is 11.4 Å². The molecule has 0 saturated carbocycles. The normalized spacial score (nSPS) is 21.7. The summed E-state index contributed by atoms with van der Waals surface area (Å²) in [7, 11) is -2.40. The number of aliphatic hydroxyl groups is 1. The van der Waals surface area contributed by atoms with Gasteiger partial charge in [0.25, 0.3) is 0 Å². The fourth-order valence-corrected chi connectivity index (χ4v) is 7.02. The van der Waals surface area contributed by atoms with Crippen molar-refractivity contribution < 1.29 is 18.3 Å². The van der Waals surface area contributed by atoms with Gasteiger partial charge in [0.1, 0.15) is 10.6 Å². The lowest BCUT2D eigenvalue weighted by molar-refractivity contribution is 0.210. The Balaban J connectivity index is 1.63. The lowest BCUT2D eigenvalue weighted by atomic mass is 9.82. The predicted molar refractivity (Wildman–Crippen MR) is 129 cm³/mol. The van der Waals surface area contributed by atoms with Gasteiger partial charge in [0.15, 0.2) is 0 Å². The third kappa shape index (κ3) is 3.62. The highest BCUT2D eigenvalue weighted by molar-refractivity contribution is 7.89. The van der Waals surface area contributed by atoms with Gasteiger partial charge in [-0.15, -0.1) is 0 Å². The van der Waals surface area contributed by atoms with Crippen LogP contribution in [0.1, 0.15) is 23.6 Å². The molecule has 7 nitrogen and oxygen atoms in total. The fourth-order valence-electron chi connectivity index (χ4n) is 5.20. The Morgan fingerprint density at radius 3 is 2.68 bits per heavy atom. The molecule has 2 N–H and O–H groups in total. The number of ether oxygens (including phenoxy) is 1. The number of nitriles is 1. The maximum Gasteiger partial charge on any atom is 0.247 e. The molecule has 8 heteroatoms. The SMILES string of the molecule is COc1ccccc1S(=O)(=O)N1CC[C@@H]2[C@H]1c1cc(-c3cccc(C#N)c3)ccc1N[C@@H]2CO. The van der Waals surface area contributed by atoms with Crippen molar-refractivity contribution in [3.05, 3.63) is 77.9 Å². The van der Waals surface area contributed by atoms with E-state index in [-0.39, 0.29) is 23.5 Å².